The summed E-state index contributed by atoms with van der Waals surface area (Å²) in [7, 11) is 1.66. The van der Waals surface area contributed by atoms with Gasteiger partial charge in [-0.05, 0) is 48.6 Å². The van der Waals surface area contributed by atoms with Gasteiger partial charge in [-0.3, -0.25) is 4.79 Å². The molecule has 0 radical (unpaired) electrons. The minimum atomic E-state index is -0.0518. The molecule has 0 unspecified atom stereocenters. The van der Waals surface area contributed by atoms with Crippen LogP contribution in [0.2, 0.25) is 0 Å². The van der Waals surface area contributed by atoms with Gasteiger partial charge < -0.3 is 14.5 Å². The topological polar surface area (TPSA) is 51.1 Å². The number of carbonyl (C=O) groups is 1. The maximum Gasteiger partial charge on any atom is 0.222 e. The van der Waals surface area contributed by atoms with E-state index in [0.717, 1.165) is 48.7 Å². The number of nitrogens with zero attached hydrogens (tertiary/aromatic N) is 2. The van der Waals surface area contributed by atoms with Crippen LogP contribution in [0.5, 0.6) is 5.75 Å². The molecular weight excluding hydrogens is 340 g/mol. The Hall–Kier alpha value is -2.04. The smallest absolute Gasteiger partial charge is 0.222 e. The molecule has 0 aromatic heterocycles. The monoisotopic (exact) mass is 372 g/mol. The van der Waals surface area contributed by atoms with Gasteiger partial charge in [0.2, 0.25) is 5.91 Å². The van der Waals surface area contributed by atoms with Crippen molar-refractivity contribution < 1.29 is 14.4 Å². The fourth-order valence-corrected chi connectivity index (χ4v) is 4.10. The highest BCUT2D eigenvalue weighted by atomic mass is 16.6. The molecule has 1 atom stereocenters. The number of ether oxygens (including phenoxy) is 1. The molecule has 5 nitrogen and oxygen atoms in total. The number of carbonyl (C=O) groups excluding carboxylic acids is 1. The molecule has 1 fully saturated rings. The van der Waals surface area contributed by atoms with Crippen molar-refractivity contribution in [2.75, 3.05) is 20.2 Å². The van der Waals surface area contributed by atoms with Gasteiger partial charge in [0, 0.05) is 19.4 Å². The largest absolute Gasteiger partial charge is 0.497 e. The first-order valence-corrected chi connectivity index (χ1v) is 10.3. The molecular formula is C22H32N2O3. The second-order valence-corrected chi connectivity index (χ2v) is 7.73. The Morgan fingerprint density at radius 1 is 1.26 bits per heavy atom. The summed E-state index contributed by atoms with van der Waals surface area (Å²) in [5.41, 5.74) is 1.99. The summed E-state index contributed by atoms with van der Waals surface area (Å²) in [6.07, 6.45) is 8.62. The fourth-order valence-electron chi connectivity index (χ4n) is 4.10. The average Bonchev–Trinajstić information content (AvgIpc) is 3.38. The second-order valence-electron chi connectivity index (χ2n) is 7.73. The van der Waals surface area contributed by atoms with Crippen LogP contribution < -0.4 is 4.74 Å². The minimum Gasteiger partial charge on any atom is -0.497 e. The first-order valence-electron chi connectivity index (χ1n) is 10.3. The van der Waals surface area contributed by atoms with Crippen LogP contribution in [0.1, 0.15) is 63.9 Å². The third kappa shape index (κ3) is 5.47. The van der Waals surface area contributed by atoms with Gasteiger partial charge in [-0.25, -0.2) is 0 Å². The lowest BCUT2D eigenvalue weighted by molar-refractivity contribution is -0.133. The third-order valence-corrected chi connectivity index (χ3v) is 5.67. The maximum atomic E-state index is 12.7. The average molecular weight is 373 g/mol. The molecule has 1 aliphatic carbocycles. The number of benzene rings is 1. The molecule has 0 N–H and O–H groups in total. The molecule has 1 saturated carbocycles. The lowest BCUT2D eigenvalue weighted by atomic mass is 10.0. The Kier molecular flexibility index (Phi) is 7.13. The zero-order chi connectivity index (χ0) is 19.1. The van der Waals surface area contributed by atoms with Crippen molar-refractivity contribution in [2.24, 2.45) is 11.1 Å². The highest BCUT2D eigenvalue weighted by molar-refractivity contribution is 6.01. The fraction of sp³-hybridized carbons (Fsp3) is 0.636. The van der Waals surface area contributed by atoms with E-state index >= 15 is 0 Å². The van der Waals surface area contributed by atoms with E-state index in [9.17, 15) is 4.79 Å². The zero-order valence-electron chi connectivity index (χ0n) is 16.7. The molecule has 1 aliphatic heterocycles. The second kappa shape index (κ2) is 9.77. The molecule has 3 rings (SSSR count). The van der Waals surface area contributed by atoms with Crippen LogP contribution in [-0.4, -0.2) is 42.8 Å². The lowest BCUT2D eigenvalue weighted by Gasteiger charge is -2.25. The molecule has 5 heteroatoms. The molecule has 2 aliphatic rings. The van der Waals surface area contributed by atoms with Crippen molar-refractivity contribution in [1.82, 2.24) is 4.90 Å². The predicted octanol–water partition coefficient (Wildman–Crippen LogP) is 4.40. The van der Waals surface area contributed by atoms with Gasteiger partial charge in [0.1, 0.15) is 5.75 Å². The van der Waals surface area contributed by atoms with Gasteiger partial charge in [0.05, 0.1) is 19.4 Å². The van der Waals surface area contributed by atoms with Crippen LogP contribution >= 0.6 is 0 Å². The summed E-state index contributed by atoms with van der Waals surface area (Å²) < 4.78 is 5.20. The van der Waals surface area contributed by atoms with Crippen molar-refractivity contribution in [2.45, 2.75) is 64.4 Å². The quantitative estimate of drug-likeness (QED) is 0.646. The molecule has 1 heterocycles. The van der Waals surface area contributed by atoms with E-state index in [1.165, 1.54) is 25.7 Å². The van der Waals surface area contributed by atoms with E-state index in [4.69, 9.17) is 9.57 Å². The minimum absolute atomic E-state index is 0.0518. The number of amides is 1. The van der Waals surface area contributed by atoms with E-state index in [-0.39, 0.29) is 12.0 Å². The molecule has 148 valence electrons. The highest BCUT2D eigenvalue weighted by Gasteiger charge is 2.27. The summed E-state index contributed by atoms with van der Waals surface area (Å²) >= 11 is 0. The van der Waals surface area contributed by atoms with E-state index in [2.05, 4.69) is 12.1 Å². The summed E-state index contributed by atoms with van der Waals surface area (Å²) in [5.74, 6) is 1.85. The Labute approximate surface area is 162 Å². The molecule has 1 aromatic rings. The van der Waals surface area contributed by atoms with Crippen LogP contribution in [0, 0.1) is 5.92 Å². The third-order valence-electron chi connectivity index (χ3n) is 5.67. The Morgan fingerprint density at radius 3 is 2.67 bits per heavy atom. The van der Waals surface area contributed by atoms with Crippen LogP contribution in [0.15, 0.2) is 29.4 Å². The van der Waals surface area contributed by atoms with Gasteiger partial charge in [-0.2, -0.15) is 0 Å². The van der Waals surface area contributed by atoms with Crippen LogP contribution in [0.25, 0.3) is 0 Å². The molecule has 27 heavy (non-hydrogen) atoms. The van der Waals surface area contributed by atoms with Gasteiger partial charge >= 0.3 is 0 Å². The first kappa shape index (κ1) is 19.7. The Bertz CT molecular complexity index is 635. The first-order chi connectivity index (χ1) is 13.2. The summed E-state index contributed by atoms with van der Waals surface area (Å²) in [5, 5.41) is 4.26. The number of rotatable bonds is 9. The van der Waals surface area contributed by atoms with Crippen LogP contribution in [0.4, 0.5) is 0 Å². The van der Waals surface area contributed by atoms with Gasteiger partial charge in [-0.1, -0.05) is 37.8 Å². The van der Waals surface area contributed by atoms with Crippen molar-refractivity contribution in [3.05, 3.63) is 29.8 Å². The van der Waals surface area contributed by atoms with Gasteiger partial charge in [0.25, 0.3) is 0 Å². The summed E-state index contributed by atoms with van der Waals surface area (Å²) in [4.78, 5) is 20.3. The Morgan fingerprint density at radius 2 is 2.00 bits per heavy atom. The standard InChI is InChI=1S/C22H32N2O3/c1-3-14-24(22(25)13-8-17-6-4-5-7-17)16-20-15-21(23-27-20)18-9-11-19(26-2)12-10-18/h9-12,17,20H,3-8,13-16H2,1-2H3/t20-/m1/s1. The normalized spacial score (nSPS) is 19.6. The van der Waals surface area contributed by atoms with E-state index < -0.39 is 0 Å². The number of methoxy groups -OCH3 is 1. The van der Waals surface area contributed by atoms with E-state index in [0.29, 0.717) is 13.0 Å². The van der Waals surface area contributed by atoms with Gasteiger partial charge in [0.15, 0.2) is 6.10 Å². The molecule has 0 saturated heterocycles. The number of oxime groups is 1. The van der Waals surface area contributed by atoms with E-state index in [1.54, 1.807) is 7.11 Å². The molecule has 1 aromatic carbocycles. The van der Waals surface area contributed by atoms with Crippen molar-refractivity contribution in [3.8, 4) is 5.75 Å². The predicted molar refractivity (Wildman–Crippen MR) is 107 cm³/mol. The van der Waals surface area contributed by atoms with Crippen molar-refractivity contribution in [1.29, 1.82) is 0 Å². The van der Waals surface area contributed by atoms with Crippen molar-refractivity contribution in [3.63, 3.8) is 0 Å². The molecule has 1 amide bonds. The van der Waals surface area contributed by atoms with E-state index in [1.807, 2.05) is 29.2 Å². The van der Waals surface area contributed by atoms with Gasteiger partial charge in [-0.15, -0.1) is 0 Å². The SMILES string of the molecule is CCCN(C[C@H]1CC(c2ccc(OC)cc2)=NO1)C(=O)CCC1CCCC1. The summed E-state index contributed by atoms with van der Waals surface area (Å²) in [6.45, 7) is 3.54. The highest BCUT2D eigenvalue weighted by Crippen LogP contribution is 2.29. The maximum absolute atomic E-state index is 12.7. The van der Waals surface area contributed by atoms with Crippen LogP contribution in [0.3, 0.4) is 0 Å². The number of hydrogen-bond acceptors (Lipinski definition) is 4. The number of hydrogen-bond donors (Lipinski definition) is 0. The summed E-state index contributed by atoms with van der Waals surface area (Å²) in [6, 6.07) is 7.86. The molecule has 0 spiro atoms. The molecule has 0 bridgehead atoms. The Balaban J connectivity index is 1.50. The van der Waals surface area contributed by atoms with Crippen molar-refractivity contribution >= 4 is 11.6 Å². The van der Waals surface area contributed by atoms with Crippen LogP contribution in [-0.2, 0) is 9.63 Å². The zero-order valence-corrected chi connectivity index (χ0v) is 16.7. The lowest BCUT2D eigenvalue weighted by Crippen LogP contribution is -2.38.